The number of rotatable bonds is 4. The first-order valence-electron chi connectivity index (χ1n) is 9.31. The number of halogens is 2. The first-order chi connectivity index (χ1) is 11.6. The Morgan fingerprint density at radius 1 is 0.917 bits per heavy atom. The van der Waals surface area contributed by atoms with Crippen LogP contribution in [0.2, 0.25) is 0 Å². The second kappa shape index (κ2) is 7.67. The fraction of sp³-hybridized carbons (Fsp3) is 0.619. The highest BCUT2D eigenvalue weighted by Gasteiger charge is 2.32. The Kier molecular flexibility index (Phi) is 5.57. The molecule has 3 rings (SSSR count). The number of ether oxygens (including phenoxy) is 1. The van der Waals surface area contributed by atoms with Crippen LogP contribution in [-0.4, -0.2) is 6.10 Å². The van der Waals surface area contributed by atoms with Crippen molar-refractivity contribution < 1.29 is 13.5 Å². The summed E-state index contributed by atoms with van der Waals surface area (Å²) in [6.07, 6.45) is 10.8. The van der Waals surface area contributed by atoms with Crippen molar-refractivity contribution in [1.29, 1.82) is 0 Å². The molecule has 0 unspecified atom stereocenters. The number of benzene rings is 1. The molecule has 0 bridgehead atoms. The molecule has 1 aromatic carbocycles. The maximum absolute atomic E-state index is 14.2. The first-order valence-corrected chi connectivity index (χ1v) is 9.31. The van der Waals surface area contributed by atoms with Gasteiger partial charge in [-0.3, -0.25) is 0 Å². The van der Waals surface area contributed by atoms with E-state index in [9.17, 15) is 8.78 Å². The average Bonchev–Trinajstić information content (AvgIpc) is 2.61. The van der Waals surface area contributed by atoms with Crippen LogP contribution in [0.3, 0.4) is 0 Å². The zero-order valence-corrected chi connectivity index (χ0v) is 14.6. The van der Waals surface area contributed by atoms with Crippen LogP contribution in [0.5, 0.6) is 0 Å². The molecule has 0 heterocycles. The van der Waals surface area contributed by atoms with Crippen LogP contribution in [0.25, 0.3) is 0 Å². The van der Waals surface area contributed by atoms with Gasteiger partial charge in [0.2, 0.25) is 0 Å². The second-order valence-corrected chi connectivity index (χ2v) is 7.55. The van der Waals surface area contributed by atoms with Gasteiger partial charge in [-0.2, -0.15) is 0 Å². The van der Waals surface area contributed by atoms with Crippen LogP contribution in [0.4, 0.5) is 8.78 Å². The lowest BCUT2D eigenvalue weighted by Crippen LogP contribution is -2.27. The molecule has 1 aromatic rings. The molecule has 0 atom stereocenters. The van der Waals surface area contributed by atoms with E-state index in [4.69, 9.17) is 4.74 Å². The van der Waals surface area contributed by atoms with Crippen LogP contribution in [0, 0.1) is 30.4 Å². The molecular weight excluding hydrogens is 306 g/mol. The molecule has 1 nitrogen and oxygen atoms in total. The van der Waals surface area contributed by atoms with Gasteiger partial charge in [0.25, 0.3) is 0 Å². The maximum atomic E-state index is 14.2. The summed E-state index contributed by atoms with van der Waals surface area (Å²) >= 11 is 0. The number of aryl methyl sites for hydroxylation is 1. The monoisotopic (exact) mass is 334 g/mol. The maximum Gasteiger partial charge on any atom is 0.162 e. The summed E-state index contributed by atoms with van der Waals surface area (Å²) in [4.78, 5) is 0. The third-order valence-corrected chi connectivity index (χ3v) is 6.19. The Bertz CT molecular complexity index is 567. The van der Waals surface area contributed by atoms with E-state index in [1.165, 1.54) is 12.8 Å². The van der Waals surface area contributed by atoms with Crippen LogP contribution >= 0.6 is 0 Å². The van der Waals surface area contributed by atoms with Crippen molar-refractivity contribution in [2.24, 2.45) is 11.8 Å². The lowest BCUT2D eigenvalue weighted by Gasteiger charge is -2.37. The quantitative estimate of drug-likeness (QED) is 0.590. The van der Waals surface area contributed by atoms with E-state index >= 15 is 0 Å². The topological polar surface area (TPSA) is 9.23 Å². The average molecular weight is 334 g/mol. The molecule has 0 spiro atoms. The van der Waals surface area contributed by atoms with Gasteiger partial charge < -0.3 is 4.74 Å². The van der Waals surface area contributed by atoms with E-state index < -0.39 is 11.6 Å². The standard InChI is InChI=1S/C21H28F2O/c1-3-24-18-11-9-16(10-12-18)15-5-7-17(8-6-15)19-13-4-14(2)20(22)21(19)23/h3-4,13,15-18H,1,5-12H2,2H3/t15-,16-,17-,18-. The van der Waals surface area contributed by atoms with E-state index in [-0.39, 0.29) is 5.92 Å². The predicted molar refractivity (Wildman–Crippen MR) is 92.8 cm³/mol. The molecule has 0 radical (unpaired) electrons. The van der Waals surface area contributed by atoms with Crippen molar-refractivity contribution >= 4 is 0 Å². The first kappa shape index (κ1) is 17.4. The van der Waals surface area contributed by atoms with E-state index in [1.807, 2.05) is 0 Å². The molecule has 2 fully saturated rings. The minimum atomic E-state index is -0.671. The zero-order chi connectivity index (χ0) is 17.1. The van der Waals surface area contributed by atoms with Crippen molar-refractivity contribution in [1.82, 2.24) is 0 Å². The van der Waals surface area contributed by atoms with E-state index in [1.54, 1.807) is 25.3 Å². The zero-order valence-electron chi connectivity index (χ0n) is 14.6. The Hall–Kier alpha value is -1.38. The normalized spacial score (nSPS) is 30.8. The molecule has 132 valence electrons. The van der Waals surface area contributed by atoms with E-state index in [2.05, 4.69) is 6.58 Å². The molecule has 0 aromatic heterocycles. The van der Waals surface area contributed by atoms with Gasteiger partial charge in [-0.05, 0) is 87.2 Å². The molecule has 2 aliphatic rings. The highest BCUT2D eigenvalue weighted by Crippen LogP contribution is 2.44. The highest BCUT2D eigenvalue weighted by atomic mass is 19.2. The third-order valence-electron chi connectivity index (χ3n) is 6.19. The minimum Gasteiger partial charge on any atom is -0.499 e. The van der Waals surface area contributed by atoms with Gasteiger partial charge in [-0.1, -0.05) is 18.7 Å². The Labute approximate surface area is 144 Å². The lowest BCUT2D eigenvalue weighted by atomic mass is 9.69. The van der Waals surface area contributed by atoms with E-state index in [0.717, 1.165) is 50.4 Å². The smallest absolute Gasteiger partial charge is 0.162 e. The molecule has 0 amide bonds. The van der Waals surface area contributed by atoms with Gasteiger partial charge in [-0.15, -0.1) is 0 Å². The highest BCUT2D eigenvalue weighted by molar-refractivity contribution is 5.28. The molecule has 2 aliphatic carbocycles. The molecule has 3 heteroatoms. The molecule has 0 saturated heterocycles. The van der Waals surface area contributed by atoms with Crippen LogP contribution in [-0.2, 0) is 4.74 Å². The molecule has 2 saturated carbocycles. The summed E-state index contributed by atoms with van der Waals surface area (Å²) in [5, 5.41) is 0. The Balaban J connectivity index is 1.55. The van der Waals surface area contributed by atoms with Crippen molar-refractivity contribution in [2.75, 3.05) is 0 Å². The summed E-state index contributed by atoms with van der Waals surface area (Å²) in [7, 11) is 0. The summed E-state index contributed by atoms with van der Waals surface area (Å²) in [6, 6.07) is 3.50. The molecule has 0 aliphatic heterocycles. The number of hydrogen-bond donors (Lipinski definition) is 0. The summed E-state index contributed by atoms with van der Waals surface area (Å²) in [6.45, 7) is 5.26. The largest absolute Gasteiger partial charge is 0.499 e. The Morgan fingerprint density at radius 3 is 2.08 bits per heavy atom. The lowest BCUT2D eigenvalue weighted by molar-refractivity contribution is 0.0665. The van der Waals surface area contributed by atoms with Gasteiger partial charge in [0, 0.05) is 0 Å². The summed E-state index contributed by atoms with van der Waals surface area (Å²) in [5.41, 5.74) is 0.975. The van der Waals surface area contributed by atoms with Crippen molar-refractivity contribution in [3.63, 3.8) is 0 Å². The van der Waals surface area contributed by atoms with Crippen LogP contribution in [0.15, 0.2) is 25.0 Å². The van der Waals surface area contributed by atoms with Crippen molar-refractivity contribution in [3.05, 3.63) is 47.7 Å². The van der Waals surface area contributed by atoms with Gasteiger partial charge in [0.1, 0.15) is 0 Å². The minimum absolute atomic E-state index is 0.178. The van der Waals surface area contributed by atoms with E-state index in [0.29, 0.717) is 17.2 Å². The van der Waals surface area contributed by atoms with Gasteiger partial charge >= 0.3 is 0 Å². The summed E-state index contributed by atoms with van der Waals surface area (Å²) in [5.74, 6) is 0.395. The van der Waals surface area contributed by atoms with Crippen molar-refractivity contribution in [2.45, 2.75) is 70.3 Å². The van der Waals surface area contributed by atoms with Gasteiger partial charge in [0.15, 0.2) is 11.6 Å². The second-order valence-electron chi connectivity index (χ2n) is 7.55. The molecule has 0 N–H and O–H groups in total. The van der Waals surface area contributed by atoms with Crippen molar-refractivity contribution in [3.8, 4) is 0 Å². The van der Waals surface area contributed by atoms with Crippen LogP contribution in [0.1, 0.15) is 68.4 Å². The summed E-state index contributed by atoms with van der Waals surface area (Å²) < 4.78 is 33.6. The predicted octanol–water partition coefficient (Wildman–Crippen LogP) is 6.27. The van der Waals surface area contributed by atoms with Gasteiger partial charge in [-0.25, -0.2) is 8.78 Å². The number of hydrogen-bond acceptors (Lipinski definition) is 1. The fourth-order valence-corrected chi connectivity index (χ4v) is 4.71. The molecular formula is C21H28F2O. The Morgan fingerprint density at radius 2 is 1.50 bits per heavy atom. The van der Waals surface area contributed by atoms with Crippen LogP contribution < -0.4 is 0 Å². The molecule has 24 heavy (non-hydrogen) atoms. The fourth-order valence-electron chi connectivity index (χ4n) is 4.71. The third kappa shape index (κ3) is 3.65. The van der Waals surface area contributed by atoms with Gasteiger partial charge in [0.05, 0.1) is 12.4 Å². The SMILES string of the molecule is C=CO[C@H]1CC[C@H]([C@H]2CC[C@H](c3ccc(C)c(F)c3F)CC2)CC1.